The minimum absolute atomic E-state index is 0.832. The molecular weight excluding hydrogens is 614 g/mol. The van der Waals surface area contributed by atoms with Crippen molar-refractivity contribution in [2.24, 2.45) is 0 Å². The molecular formula is C42H58ClN3S. The number of rotatable bonds is 19. The largest absolute Gasteiger partial charge is 0.365 e. The van der Waals surface area contributed by atoms with Crippen molar-refractivity contribution >= 4 is 38.7 Å². The highest BCUT2D eigenvalue weighted by Crippen LogP contribution is 2.41. The van der Waals surface area contributed by atoms with Crippen LogP contribution in [0.4, 0.5) is 0 Å². The lowest BCUT2D eigenvalue weighted by molar-refractivity contribution is 0.259. The van der Waals surface area contributed by atoms with Crippen LogP contribution in [-0.2, 0) is 13.1 Å². The molecule has 254 valence electrons. The highest BCUT2D eigenvalue weighted by atomic mass is 35.5. The lowest BCUT2D eigenvalue weighted by atomic mass is 10.0. The zero-order chi connectivity index (χ0) is 33.6. The van der Waals surface area contributed by atoms with Crippen molar-refractivity contribution < 1.29 is 0 Å². The van der Waals surface area contributed by atoms with Gasteiger partial charge in [0, 0.05) is 41.1 Å². The van der Waals surface area contributed by atoms with Crippen LogP contribution in [0.1, 0.15) is 109 Å². The summed E-state index contributed by atoms with van der Waals surface area (Å²) in [5, 5.41) is 2.04. The molecule has 3 nitrogen and oxygen atoms in total. The van der Waals surface area contributed by atoms with Gasteiger partial charge in [0.1, 0.15) is 0 Å². The van der Waals surface area contributed by atoms with Crippen molar-refractivity contribution in [2.45, 2.75) is 106 Å². The number of halogens is 1. The van der Waals surface area contributed by atoms with Crippen LogP contribution in [0.15, 0.2) is 89.8 Å². The Kier molecular flexibility index (Phi) is 15.2. The van der Waals surface area contributed by atoms with E-state index in [1.807, 2.05) is 11.3 Å². The number of nitrogens with zero attached hydrogens (tertiary/aromatic N) is 3. The van der Waals surface area contributed by atoms with Gasteiger partial charge in [-0.2, -0.15) is 0 Å². The molecule has 5 heteroatoms. The van der Waals surface area contributed by atoms with Crippen LogP contribution in [0.3, 0.4) is 0 Å². The van der Waals surface area contributed by atoms with E-state index < -0.39 is 0 Å². The normalized spacial score (nSPS) is 14.1. The van der Waals surface area contributed by atoms with E-state index in [4.69, 9.17) is 11.6 Å². The Morgan fingerprint density at radius 2 is 1.51 bits per heavy atom. The molecule has 4 rings (SSSR count). The van der Waals surface area contributed by atoms with Crippen molar-refractivity contribution in [3.05, 3.63) is 111 Å². The molecule has 1 aromatic heterocycles. The van der Waals surface area contributed by atoms with Crippen molar-refractivity contribution in [2.75, 3.05) is 26.2 Å². The van der Waals surface area contributed by atoms with Crippen LogP contribution in [-0.4, -0.2) is 40.9 Å². The van der Waals surface area contributed by atoms with Gasteiger partial charge in [-0.3, -0.25) is 4.90 Å². The summed E-state index contributed by atoms with van der Waals surface area (Å²) in [5.74, 6) is 0. The standard InChI is InChI=1S/C42H58ClN3S/c1-7-12-28-44(27-10-4)30-34-22-15-16-23-35(34)31-46(38-25-18-14-21-33(38)6)36(11-5)32-45(29-13-8-2)39(20-9-3)42-41(43)37-24-17-19-26-40(37)47-42/h11,15-17,19-26H,7-10,12-14,18,27-32H2,1-6H3/b36-11+,39-20-. The number of hydrogen-bond acceptors (Lipinski definition) is 4. The van der Waals surface area contributed by atoms with Crippen molar-refractivity contribution in [3.63, 3.8) is 0 Å². The molecule has 3 aromatic rings. The molecule has 0 amide bonds. The summed E-state index contributed by atoms with van der Waals surface area (Å²) < 4.78 is 1.25. The monoisotopic (exact) mass is 671 g/mol. The summed E-state index contributed by atoms with van der Waals surface area (Å²) in [7, 11) is 0. The SMILES string of the molecule is C/C=C(\CN(CCCC)/C(=C\CC)c1sc2ccccc2c1Cl)N(Cc1ccccc1CN(CCC)CCCC)C1=CCCC=C1C. The minimum Gasteiger partial charge on any atom is -0.365 e. The van der Waals surface area contributed by atoms with E-state index in [-0.39, 0.29) is 0 Å². The van der Waals surface area contributed by atoms with Crippen LogP contribution in [0.5, 0.6) is 0 Å². The third kappa shape index (κ3) is 9.87. The molecule has 1 aliphatic carbocycles. The molecule has 1 heterocycles. The second-order valence-electron chi connectivity index (χ2n) is 12.8. The highest BCUT2D eigenvalue weighted by Gasteiger charge is 2.24. The molecule has 1 aliphatic rings. The molecule has 0 unspecified atom stereocenters. The number of hydrogen-bond donors (Lipinski definition) is 0. The molecule has 2 aromatic carbocycles. The average molecular weight is 672 g/mol. The maximum Gasteiger partial charge on any atom is 0.0699 e. The predicted octanol–water partition coefficient (Wildman–Crippen LogP) is 12.4. The van der Waals surface area contributed by atoms with Crippen molar-refractivity contribution in [1.82, 2.24) is 14.7 Å². The number of allylic oxidation sites excluding steroid dienone is 5. The Balaban J connectivity index is 1.73. The Morgan fingerprint density at radius 3 is 2.17 bits per heavy atom. The summed E-state index contributed by atoms with van der Waals surface area (Å²) in [4.78, 5) is 9.06. The molecule has 0 fully saturated rings. The third-order valence-corrected chi connectivity index (χ3v) is 10.9. The molecule has 0 saturated heterocycles. The van der Waals surface area contributed by atoms with E-state index in [1.165, 1.54) is 62.6 Å². The van der Waals surface area contributed by atoms with Gasteiger partial charge >= 0.3 is 0 Å². The quantitative estimate of drug-likeness (QED) is 0.126. The zero-order valence-corrected chi connectivity index (χ0v) is 31.5. The Hall–Kier alpha value is -2.79. The summed E-state index contributed by atoms with van der Waals surface area (Å²) in [6, 6.07) is 17.7. The first kappa shape index (κ1) is 37.0. The van der Waals surface area contributed by atoms with Gasteiger partial charge in [-0.05, 0) is 88.2 Å². The van der Waals surface area contributed by atoms with E-state index in [1.54, 1.807) is 0 Å². The first-order valence-electron chi connectivity index (χ1n) is 18.2. The van der Waals surface area contributed by atoms with Crippen LogP contribution < -0.4 is 0 Å². The van der Waals surface area contributed by atoms with Crippen molar-refractivity contribution in [3.8, 4) is 0 Å². The number of benzene rings is 2. The number of thiophene rings is 1. The Bertz CT molecular complexity index is 1540. The zero-order valence-electron chi connectivity index (χ0n) is 30.0. The fraction of sp³-hybridized carbons (Fsp3) is 0.476. The van der Waals surface area contributed by atoms with Gasteiger partial charge < -0.3 is 9.80 Å². The van der Waals surface area contributed by atoms with E-state index in [2.05, 4.69) is 129 Å². The smallest absolute Gasteiger partial charge is 0.0699 e. The third-order valence-electron chi connectivity index (χ3n) is 9.18. The summed E-state index contributed by atoms with van der Waals surface area (Å²) >= 11 is 8.98. The van der Waals surface area contributed by atoms with E-state index >= 15 is 0 Å². The van der Waals surface area contributed by atoms with E-state index in [0.717, 1.165) is 81.8 Å². The fourth-order valence-corrected chi connectivity index (χ4v) is 8.19. The van der Waals surface area contributed by atoms with Crippen LogP contribution >= 0.6 is 22.9 Å². The van der Waals surface area contributed by atoms with E-state index in [9.17, 15) is 0 Å². The van der Waals surface area contributed by atoms with Gasteiger partial charge in [-0.1, -0.05) is 119 Å². The van der Waals surface area contributed by atoms with Crippen LogP contribution in [0.25, 0.3) is 15.8 Å². The Morgan fingerprint density at radius 1 is 0.830 bits per heavy atom. The van der Waals surface area contributed by atoms with Gasteiger partial charge in [0.05, 0.1) is 22.1 Å². The molecule has 0 atom stereocenters. The summed E-state index contributed by atoms with van der Waals surface area (Å²) in [5.41, 5.74) is 8.20. The van der Waals surface area contributed by atoms with Crippen molar-refractivity contribution in [1.29, 1.82) is 0 Å². The first-order valence-corrected chi connectivity index (χ1v) is 19.4. The second-order valence-corrected chi connectivity index (χ2v) is 14.3. The number of unbranched alkanes of at least 4 members (excludes halogenated alkanes) is 2. The number of fused-ring (bicyclic) bond motifs is 1. The fourth-order valence-electron chi connectivity index (χ4n) is 6.59. The molecule has 0 aliphatic heterocycles. The van der Waals surface area contributed by atoms with Gasteiger partial charge in [-0.25, -0.2) is 0 Å². The maximum absolute atomic E-state index is 7.16. The average Bonchev–Trinajstić information content (AvgIpc) is 3.42. The molecule has 0 bridgehead atoms. The summed E-state index contributed by atoms with van der Waals surface area (Å²) in [6.45, 7) is 19.6. The maximum atomic E-state index is 7.16. The molecule has 0 spiro atoms. The predicted molar refractivity (Wildman–Crippen MR) is 209 cm³/mol. The summed E-state index contributed by atoms with van der Waals surface area (Å²) in [6.07, 6.45) is 18.7. The van der Waals surface area contributed by atoms with Gasteiger partial charge in [0.25, 0.3) is 0 Å². The topological polar surface area (TPSA) is 9.72 Å². The van der Waals surface area contributed by atoms with Crippen LogP contribution in [0.2, 0.25) is 5.02 Å². The molecule has 47 heavy (non-hydrogen) atoms. The molecule has 0 radical (unpaired) electrons. The van der Waals surface area contributed by atoms with Crippen LogP contribution in [0, 0.1) is 0 Å². The molecule has 0 saturated carbocycles. The highest BCUT2D eigenvalue weighted by molar-refractivity contribution is 7.20. The van der Waals surface area contributed by atoms with Gasteiger partial charge in [0.15, 0.2) is 0 Å². The first-order chi connectivity index (χ1) is 22.9. The van der Waals surface area contributed by atoms with E-state index in [0.29, 0.717) is 0 Å². The Labute approximate surface area is 295 Å². The van der Waals surface area contributed by atoms with Gasteiger partial charge in [-0.15, -0.1) is 11.3 Å². The van der Waals surface area contributed by atoms with Gasteiger partial charge in [0.2, 0.25) is 0 Å². The molecule has 0 N–H and O–H groups in total. The lowest BCUT2D eigenvalue weighted by Crippen LogP contribution is -2.34. The minimum atomic E-state index is 0.832. The lowest BCUT2D eigenvalue weighted by Gasteiger charge is -2.37. The second kappa shape index (κ2) is 19.3.